The van der Waals surface area contributed by atoms with Crippen molar-refractivity contribution in [3.63, 3.8) is 0 Å². The summed E-state index contributed by atoms with van der Waals surface area (Å²) in [7, 11) is -0.254. The van der Waals surface area contributed by atoms with E-state index in [0.29, 0.717) is 0 Å². The van der Waals surface area contributed by atoms with Crippen molar-refractivity contribution in [3.8, 4) is 0 Å². The third-order valence-electron chi connectivity index (χ3n) is 1.29. The number of rotatable bonds is 6. The van der Waals surface area contributed by atoms with Gasteiger partial charge in [0.2, 0.25) is 0 Å². The molecule has 0 aromatic heterocycles. The lowest BCUT2D eigenvalue weighted by Crippen LogP contribution is -1.78. The van der Waals surface area contributed by atoms with Crippen molar-refractivity contribution in [2.45, 2.75) is 13.3 Å². The van der Waals surface area contributed by atoms with Crippen LogP contribution in [0, 0.1) is 0 Å². The zero-order chi connectivity index (χ0) is 9.23. The van der Waals surface area contributed by atoms with E-state index in [1.54, 1.807) is 12.2 Å². The molecule has 0 rings (SSSR count). The fourth-order valence-electron chi connectivity index (χ4n) is 0.822. The quantitative estimate of drug-likeness (QED) is 0.625. The third kappa shape index (κ3) is 6.53. The molecule has 0 unspecified atom stereocenters. The van der Waals surface area contributed by atoms with Crippen LogP contribution in [0.2, 0.25) is 0 Å². The van der Waals surface area contributed by atoms with Gasteiger partial charge in [-0.1, -0.05) is 45.1 Å². The Labute approximate surface area is 75.4 Å². The highest BCUT2D eigenvalue weighted by atomic mass is 31.1. The Hall–Kier alpha value is -0.170. The molecule has 0 aliphatic carbocycles. The van der Waals surface area contributed by atoms with E-state index in [1.165, 1.54) is 0 Å². The summed E-state index contributed by atoms with van der Waals surface area (Å²) >= 11 is 0. The molecule has 0 aliphatic rings. The molecule has 3 heteroatoms. The smallest absolute Gasteiger partial charge is 0.0615 e. The number of hydrogen-bond acceptors (Lipinski definition) is 2. The van der Waals surface area contributed by atoms with Crippen LogP contribution in [0.5, 0.6) is 0 Å². The second kappa shape index (κ2) is 8.92. The van der Waals surface area contributed by atoms with Crippen LogP contribution in [-0.2, 0) is 0 Å². The summed E-state index contributed by atoms with van der Waals surface area (Å²) in [5.41, 5.74) is 0. The van der Waals surface area contributed by atoms with Crippen molar-refractivity contribution in [1.29, 1.82) is 0 Å². The number of aliphatic hydroxyl groups is 2. The molecule has 0 fully saturated rings. The lowest BCUT2D eigenvalue weighted by Gasteiger charge is -2.04. The summed E-state index contributed by atoms with van der Waals surface area (Å²) in [6.07, 6.45) is 5.80. The third-order valence-corrected chi connectivity index (χ3v) is 3.44. The molecule has 0 saturated heterocycles. The first kappa shape index (κ1) is 11.8. The Morgan fingerprint density at radius 1 is 1.08 bits per heavy atom. The van der Waals surface area contributed by atoms with Crippen LogP contribution in [0.1, 0.15) is 13.3 Å². The number of hydrogen-bond donors (Lipinski definition) is 2. The Morgan fingerprint density at radius 2 is 1.58 bits per heavy atom. The van der Waals surface area contributed by atoms with E-state index in [4.69, 9.17) is 10.2 Å². The van der Waals surface area contributed by atoms with Crippen LogP contribution in [0.3, 0.4) is 0 Å². The molecule has 0 atom stereocenters. The van der Waals surface area contributed by atoms with Gasteiger partial charge in [-0.2, -0.15) is 0 Å². The van der Waals surface area contributed by atoms with Crippen LogP contribution < -0.4 is 0 Å². The minimum absolute atomic E-state index is 0.107. The van der Waals surface area contributed by atoms with E-state index in [0.717, 1.165) is 12.6 Å². The molecule has 2 nitrogen and oxygen atoms in total. The Balaban J connectivity index is 3.85. The predicted octanol–water partition coefficient (Wildman–Crippen LogP) is 1.89. The van der Waals surface area contributed by atoms with Gasteiger partial charge in [-0.3, -0.25) is 0 Å². The fraction of sp³-hybridized carbons (Fsp3) is 0.556. The molecular formula is C9H17O2P. The topological polar surface area (TPSA) is 40.5 Å². The van der Waals surface area contributed by atoms with E-state index in [-0.39, 0.29) is 21.1 Å². The van der Waals surface area contributed by atoms with Crippen molar-refractivity contribution < 1.29 is 10.2 Å². The average molecular weight is 188 g/mol. The molecule has 2 N–H and O–H groups in total. The highest BCUT2D eigenvalue weighted by Gasteiger charge is 1.95. The molecule has 0 aliphatic heterocycles. The molecule has 0 bridgehead atoms. The standard InChI is InChI=1S/C9H17O2P/c1-2-7-12(8-3-5-10)9-4-6-11/h3-4,8-11H,2,5-7H2,1H3. The molecular weight excluding hydrogens is 171 g/mol. The predicted molar refractivity (Wildman–Crippen MR) is 54.5 cm³/mol. The van der Waals surface area contributed by atoms with Gasteiger partial charge in [-0.25, -0.2) is 0 Å². The average Bonchev–Trinajstić information content (AvgIpc) is 2.10. The molecule has 0 radical (unpaired) electrons. The second-order valence-corrected chi connectivity index (χ2v) is 4.44. The van der Waals surface area contributed by atoms with E-state index >= 15 is 0 Å². The fourth-order valence-corrected chi connectivity index (χ4v) is 2.47. The lowest BCUT2D eigenvalue weighted by atomic mass is 10.6. The summed E-state index contributed by atoms with van der Waals surface area (Å²) in [5, 5.41) is 17.1. The highest BCUT2D eigenvalue weighted by Crippen LogP contribution is 2.39. The summed E-state index contributed by atoms with van der Waals surface area (Å²) in [4.78, 5) is 0. The van der Waals surface area contributed by atoms with Gasteiger partial charge < -0.3 is 10.2 Å². The maximum Gasteiger partial charge on any atom is 0.0615 e. The zero-order valence-electron chi connectivity index (χ0n) is 7.48. The van der Waals surface area contributed by atoms with Gasteiger partial charge in [0.25, 0.3) is 0 Å². The van der Waals surface area contributed by atoms with E-state index in [9.17, 15) is 0 Å². The van der Waals surface area contributed by atoms with Crippen molar-refractivity contribution in [3.05, 3.63) is 23.8 Å². The Morgan fingerprint density at radius 3 is 1.92 bits per heavy atom. The van der Waals surface area contributed by atoms with Crippen molar-refractivity contribution >= 4 is 7.92 Å². The summed E-state index contributed by atoms with van der Waals surface area (Å²) in [6, 6.07) is 0. The molecule has 0 heterocycles. The van der Waals surface area contributed by atoms with E-state index in [1.807, 2.05) is 11.6 Å². The van der Waals surface area contributed by atoms with Crippen LogP contribution in [0.15, 0.2) is 23.8 Å². The summed E-state index contributed by atoms with van der Waals surface area (Å²) in [6.45, 7) is 2.35. The van der Waals surface area contributed by atoms with Crippen molar-refractivity contribution in [1.82, 2.24) is 0 Å². The van der Waals surface area contributed by atoms with Gasteiger partial charge in [0, 0.05) is 0 Å². The first-order valence-corrected chi connectivity index (χ1v) is 5.82. The normalized spacial score (nSPS) is 14.6. The SMILES string of the molecule is CCCP(C=CCO)C=CCO. The van der Waals surface area contributed by atoms with E-state index in [2.05, 4.69) is 6.92 Å². The Bertz CT molecular complexity index is 129. The van der Waals surface area contributed by atoms with Crippen molar-refractivity contribution in [2.75, 3.05) is 19.4 Å². The molecule has 12 heavy (non-hydrogen) atoms. The summed E-state index contributed by atoms with van der Waals surface area (Å²) < 4.78 is 0. The maximum atomic E-state index is 8.56. The molecule has 0 aromatic carbocycles. The van der Waals surface area contributed by atoms with Gasteiger partial charge in [0.1, 0.15) is 0 Å². The first-order valence-electron chi connectivity index (χ1n) is 4.16. The largest absolute Gasteiger partial charge is 0.392 e. The highest BCUT2D eigenvalue weighted by molar-refractivity contribution is 7.64. The zero-order valence-corrected chi connectivity index (χ0v) is 8.37. The van der Waals surface area contributed by atoms with Gasteiger partial charge in [-0.05, 0) is 6.16 Å². The van der Waals surface area contributed by atoms with Gasteiger partial charge in [-0.15, -0.1) is 0 Å². The van der Waals surface area contributed by atoms with Crippen molar-refractivity contribution in [2.24, 2.45) is 0 Å². The lowest BCUT2D eigenvalue weighted by molar-refractivity contribution is 0.343. The molecule has 0 aromatic rings. The molecule has 0 amide bonds. The molecule has 0 saturated carbocycles. The van der Waals surface area contributed by atoms with Crippen LogP contribution in [-0.4, -0.2) is 29.6 Å². The molecule has 70 valence electrons. The maximum absolute atomic E-state index is 8.56. The minimum atomic E-state index is -0.254. The van der Waals surface area contributed by atoms with Gasteiger partial charge in [0.15, 0.2) is 0 Å². The number of aliphatic hydroxyl groups excluding tert-OH is 2. The van der Waals surface area contributed by atoms with E-state index < -0.39 is 0 Å². The monoisotopic (exact) mass is 188 g/mol. The Kier molecular flexibility index (Phi) is 8.80. The molecule has 0 spiro atoms. The van der Waals surface area contributed by atoms with Crippen LogP contribution in [0.25, 0.3) is 0 Å². The van der Waals surface area contributed by atoms with Gasteiger partial charge in [0.05, 0.1) is 13.2 Å². The second-order valence-electron chi connectivity index (χ2n) is 2.37. The minimum Gasteiger partial charge on any atom is -0.392 e. The first-order chi connectivity index (χ1) is 5.85. The van der Waals surface area contributed by atoms with Crippen LogP contribution >= 0.6 is 7.92 Å². The summed E-state index contributed by atoms with van der Waals surface area (Å²) in [5.74, 6) is 4.07. The van der Waals surface area contributed by atoms with Crippen LogP contribution in [0.4, 0.5) is 0 Å². The van der Waals surface area contributed by atoms with Gasteiger partial charge >= 0.3 is 0 Å².